The van der Waals surface area contributed by atoms with Crippen LogP contribution in [0.15, 0.2) is 51.8 Å². The molecule has 3 amide bonds. The minimum Gasteiger partial charge on any atom is -0.444 e. The number of sulfone groups is 1. The molecule has 282 valence electrons. The Kier molecular flexibility index (Phi) is 10.3. The van der Waals surface area contributed by atoms with Crippen molar-refractivity contribution >= 4 is 33.6 Å². The van der Waals surface area contributed by atoms with Gasteiger partial charge in [-0.2, -0.15) is 0 Å². The fourth-order valence-electron chi connectivity index (χ4n) is 5.91. The summed E-state index contributed by atoms with van der Waals surface area (Å²) in [5.41, 5.74) is -2.29. The Balaban J connectivity index is 1.53. The first-order valence-corrected chi connectivity index (χ1v) is 18.1. The summed E-state index contributed by atoms with van der Waals surface area (Å²) < 4.78 is 86.7. The minimum atomic E-state index is -4.93. The van der Waals surface area contributed by atoms with Crippen molar-refractivity contribution in [3.05, 3.63) is 53.9 Å². The number of halogens is 3. The van der Waals surface area contributed by atoms with Gasteiger partial charge in [0, 0.05) is 5.56 Å². The Bertz CT molecular complexity index is 1930. The maximum atomic E-state index is 14.1. The van der Waals surface area contributed by atoms with E-state index in [9.17, 15) is 36.0 Å². The third-order valence-electron chi connectivity index (χ3n) is 8.00. The van der Waals surface area contributed by atoms with Gasteiger partial charge in [-0.05, 0) is 90.3 Å². The van der Waals surface area contributed by atoms with Crippen LogP contribution in [0.4, 0.5) is 28.4 Å². The van der Waals surface area contributed by atoms with E-state index in [1.54, 1.807) is 41.5 Å². The molecule has 1 aromatic heterocycles. The van der Waals surface area contributed by atoms with Gasteiger partial charge in [0.2, 0.25) is 11.8 Å². The number of aromatic nitrogens is 2. The number of hydrogen-bond acceptors (Lipinski definition) is 11. The molecule has 52 heavy (non-hydrogen) atoms. The van der Waals surface area contributed by atoms with Crippen LogP contribution in [-0.2, 0) is 36.2 Å². The number of fused-ring (bicyclic) bond motifs is 1. The second-order valence-electron chi connectivity index (χ2n) is 14.6. The predicted molar refractivity (Wildman–Crippen MR) is 179 cm³/mol. The third kappa shape index (κ3) is 9.32. The normalized spacial score (nSPS) is 18.6. The van der Waals surface area contributed by atoms with Crippen molar-refractivity contribution in [1.29, 1.82) is 0 Å². The van der Waals surface area contributed by atoms with Gasteiger partial charge in [-0.3, -0.25) is 4.79 Å². The average Bonchev–Trinajstić information content (AvgIpc) is 3.67. The first kappa shape index (κ1) is 38.4. The van der Waals surface area contributed by atoms with E-state index >= 15 is 0 Å². The number of nitrogens with zero attached hydrogens (tertiary/aromatic N) is 3. The van der Waals surface area contributed by atoms with E-state index in [2.05, 4.69) is 25.6 Å². The summed E-state index contributed by atoms with van der Waals surface area (Å²) in [7, 11) is -4.25. The van der Waals surface area contributed by atoms with Crippen LogP contribution in [0.1, 0.15) is 78.7 Å². The van der Waals surface area contributed by atoms with E-state index in [1.165, 1.54) is 30.3 Å². The number of carbonyl (C=O) groups excluding carboxylic acids is 3. The molecule has 3 aromatic rings. The number of nitrogens with one attached hydrogen (secondary N) is 2. The van der Waals surface area contributed by atoms with Gasteiger partial charge in [0.05, 0.1) is 22.9 Å². The van der Waals surface area contributed by atoms with E-state index in [1.807, 2.05) is 0 Å². The first-order chi connectivity index (χ1) is 24.0. The van der Waals surface area contributed by atoms with Gasteiger partial charge < -0.3 is 34.2 Å². The highest BCUT2D eigenvalue weighted by Crippen LogP contribution is 2.41. The van der Waals surface area contributed by atoms with Gasteiger partial charge >= 0.3 is 18.5 Å². The summed E-state index contributed by atoms with van der Waals surface area (Å²) in [5.74, 6) is -2.07. The van der Waals surface area contributed by atoms with Crippen molar-refractivity contribution in [2.75, 3.05) is 10.7 Å². The van der Waals surface area contributed by atoms with E-state index in [-0.39, 0.29) is 34.5 Å². The van der Waals surface area contributed by atoms with Crippen LogP contribution >= 0.6 is 0 Å². The molecule has 1 fully saturated rings. The smallest absolute Gasteiger partial charge is 0.444 e. The quantitative estimate of drug-likeness (QED) is 0.283. The molecule has 5 rings (SSSR count). The van der Waals surface area contributed by atoms with E-state index in [4.69, 9.17) is 13.9 Å². The zero-order valence-electron chi connectivity index (χ0n) is 29.4. The molecule has 18 heteroatoms. The maximum Gasteiger partial charge on any atom is 0.573 e. The van der Waals surface area contributed by atoms with Crippen molar-refractivity contribution in [1.82, 2.24) is 20.8 Å². The molecule has 14 nitrogen and oxygen atoms in total. The largest absolute Gasteiger partial charge is 0.573 e. The van der Waals surface area contributed by atoms with Crippen molar-refractivity contribution in [2.24, 2.45) is 0 Å². The number of anilines is 1. The lowest BCUT2D eigenvalue weighted by Crippen LogP contribution is -2.51. The second-order valence-corrected chi connectivity index (χ2v) is 16.6. The van der Waals surface area contributed by atoms with Crippen LogP contribution in [0.3, 0.4) is 0 Å². The van der Waals surface area contributed by atoms with Gasteiger partial charge in [-0.1, -0.05) is 25.0 Å². The summed E-state index contributed by atoms with van der Waals surface area (Å²) in [4.78, 5) is 40.5. The van der Waals surface area contributed by atoms with Crippen molar-refractivity contribution < 1.29 is 54.6 Å². The van der Waals surface area contributed by atoms with Crippen LogP contribution in [0, 0.1) is 0 Å². The Morgan fingerprint density at radius 1 is 0.942 bits per heavy atom. The lowest BCUT2D eigenvalue weighted by atomic mass is 9.98. The number of carbonyl (C=O) groups is 3. The van der Waals surface area contributed by atoms with Crippen LogP contribution in [-0.4, -0.2) is 66.1 Å². The summed E-state index contributed by atoms with van der Waals surface area (Å²) in [6, 6.07) is 7.14. The first-order valence-electron chi connectivity index (χ1n) is 16.4. The number of benzene rings is 2. The fourth-order valence-corrected chi connectivity index (χ4v) is 7.52. The second kappa shape index (κ2) is 13.9. The number of alkyl carbamates (subject to hydrolysis) is 2. The average molecular weight is 752 g/mol. The molecule has 2 heterocycles. The number of hydrogen-bond donors (Lipinski definition) is 2. The highest BCUT2D eigenvalue weighted by atomic mass is 32.2. The molecular weight excluding hydrogens is 711 g/mol. The Labute approximate surface area is 298 Å². The summed E-state index contributed by atoms with van der Waals surface area (Å²) in [5, 5.41) is 13.6. The molecule has 1 aliphatic heterocycles. The van der Waals surface area contributed by atoms with Crippen molar-refractivity contribution in [3.8, 4) is 17.2 Å². The number of rotatable bonds is 7. The SMILES string of the molecule is CC(C)(C)OC(=O)N[C@H]1CS(=O)(=O)c2ccc(-c3nnc(C4(NC(=O)OC(C)(C)C)CCCC4)o3)cc2N(Cc2ccc(OC(F)(F)F)cc2)C1=O. The molecule has 0 radical (unpaired) electrons. The Morgan fingerprint density at radius 3 is 2.15 bits per heavy atom. The summed E-state index contributed by atoms with van der Waals surface area (Å²) in [6.07, 6.45) is -4.09. The molecule has 0 bridgehead atoms. The molecule has 0 spiro atoms. The van der Waals surface area contributed by atoms with E-state index < -0.39 is 68.6 Å². The lowest BCUT2D eigenvalue weighted by Gasteiger charge is -2.28. The van der Waals surface area contributed by atoms with Crippen LogP contribution < -0.4 is 20.3 Å². The molecule has 2 aliphatic rings. The van der Waals surface area contributed by atoms with Gasteiger partial charge in [0.25, 0.3) is 5.91 Å². The summed E-state index contributed by atoms with van der Waals surface area (Å²) >= 11 is 0. The van der Waals surface area contributed by atoms with Gasteiger partial charge in [-0.15, -0.1) is 23.4 Å². The zero-order chi connectivity index (χ0) is 38.3. The minimum absolute atomic E-state index is 0.0406. The topological polar surface area (TPSA) is 179 Å². The Morgan fingerprint density at radius 2 is 1.56 bits per heavy atom. The summed E-state index contributed by atoms with van der Waals surface area (Å²) in [6.45, 7) is 9.68. The maximum absolute atomic E-state index is 14.1. The zero-order valence-corrected chi connectivity index (χ0v) is 30.2. The van der Waals surface area contributed by atoms with E-state index in [0.717, 1.165) is 29.9 Å². The standard InChI is InChI=1S/C34H40F3N5O9S/c1-31(2,3)50-29(44)38-23-19-52(46,47)25-14-11-21(17-24(25)42(27(23)43)18-20-9-12-22(13-10-20)49-34(35,36)37)26-40-41-28(48-26)33(15-7-8-16-33)39-30(45)51-32(4,5)6/h9-14,17,23H,7-8,15-16,18-19H2,1-6H3,(H,38,44)(H,39,45)/t23-/m0/s1. The Hall–Kier alpha value is -4.87. The highest BCUT2D eigenvalue weighted by molar-refractivity contribution is 7.91. The molecule has 2 N–H and O–H groups in total. The molecule has 0 unspecified atom stereocenters. The lowest BCUT2D eigenvalue weighted by molar-refractivity contribution is -0.274. The molecule has 0 saturated heterocycles. The third-order valence-corrected chi connectivity index (χ3v) is 9.79. The predicted octanol–water partition coefficient (Wildman–Crippen LogP) is 6.14. The molecule has 2 aromatic carbocycles. The monoisotopic (exact) mass is 751 g/mol. The highest BCUT2D eigenvalue weighted by Gasteiger charge is 2.44. The molecular formula is C34H40F3N5O9S. The van der Waals surface area contributed by atoms with Crippen LogP contribution in [0.2, 0.25) is 0 Å². The van der Waals surface area contributed by atoms with Gasteiger partial charge in [-0.25, -0.2) is 18.0 Å². The molecule has 1 saturated carbocycles. The molecule has 1 aliphatic carbocycles. The number of amides is 3. The van der Waals surface area contributed by atoms with Crippen LogP contribution in [0.25, 0.3) is 11.5 Å². The number of ether oxygens (including phenoxy) is 3. The molecule has 1 atom stereocenters. The number of alkyl halides is 3. The van der Waals surface area contributed by atoms with Crippen molar-refractivity contribution in [3.63, 3.8) is 0 Å². The fraction of sp³-hybridized carbons (Fsp3) is 0.500. The van der Waals surface area contributed by atoms with Gasteiger partial charge in [0.15, 0.2) is 9.84 Å². The van der Waals surface area contributed by atoms with Crippen LogP contribution in [0.5, 0.6) is 5.75 Å². The van der Waals surface area contributed by atoms with E-state index in [0.29, 0.717) is 18.4 Å². The van der Waals surface area contributed by atoms with Crippen molar-refractivity contribution in [2.45, 2.75) is 108 Å². The van der Waals surface area contributed by atoms with Gasteiger partial charge in [0.1, 0.15) is 28.5 Å².